The molecule has 2 N–H and O–H groups in total. The van der Waals surface area contributed by atoms with Crippen molar-refractivity contribution in [2.45, 2.75) is 19.8 Å². The second-order valence-corrected chi connectivity index (χ2v) is 4.21. The molecule has 102 valence electrons. The number of amides is 1. The van der Waals surface area contributed by atoms with Gasteiger partial charge in [-0.25, -0.2) is 0 Å². The van der Waals surface area contributed by atoms with Crippen LogP contribution in [0.25, 0.3) is 0 Å². The summed E-state index contributed by atoms with van der Waals surface area (Å²) in [7, 11) is 0. The maximum atomic E-state index is 11.4. The predicted molar refractivity (Wildman–Crippen MR) is 72.3 cm³/mol. The zero-order chi connectivity index (χ0) is 14.3. The van der Waals surface area contributed by atoms with Gasteiger partial charge in [0, 0.05) is 12.1 Å². The highest BCUT2D eigenvalue weighted by molar-refractivity contribution is 5.92. The quantitative estimate of drug-likeness (QED) is 0.741. The van der Waals surface area contributed by atoms with E-state index in [-0.39, 0.29) is 18.7 Å². The molecule has 1 aromatic rings. The van der Waals surface area contributed by atoms with Crippen molar-refractivity contribution in [3.05, 3.63) is 36.4 Å². The zero-order valence-corrected chi connectivity index (χ0v) is 10.8. The minimum atomic E-state index is -0.987. The summed E-state index contributed by atoms with van der Waals surface area (Å²) in [5.41, 5.74) is 1.53. The van der Waals surface area contributed by atoms with Crippen LogP contribution < -0.4 is 10.1 Å². The van der Waals surface area contributed by atoms with Crippen LogP contribution >= 0.6 is 0 Å². The number of rotatable bonds is 7. The van der Waals surface area contributed by atoms with Crippen molar-refractivity contribution >= 4 is 17.6 Å². The third-order valence-electron chi connectivity index (χ3n) is 2.19. The highest BCUT2D eigenvalue weighted by Gasteiger charge is 2.05. The van der Waals surface area contributed by atoms with Gasteiger partial charge < -0.3 is 15.2 Å². The molecule has 19 heavy (non-hydrogen) atoms. The van der Waals surface area contributed by atoms with Gasteiger partial charge in [0.2, 0.25) is 5.91 Å². The lowest BCUT2D eigenvalue weighted by Gasteiger charge is -2.07. The van der Waals surface area contributed by atoms with Crippen LogP contribution in [-0.4, -0.2) is 23.6 Å². The van der Waals surface area contributed by atoms with Crippen LogP contribution in [0.3, 0.4) is 0 Å². The number of aliphatic carboxylic acids is 1. The Morgan fingerprint density at radius 2 is 1.89 bits per heavy atom. The van der Waals surface area contributed by atoms with Gasteiger partial charge in [-0.05, 0) is 36.8 Å². The topological polar surface area (TPSA) is 75.6 Å². The molecule has 1 amide bonds. The standard InChI is InChI=1S/C14H17NO4/c1-10(2)9-19-12-5-3-11(4-6-12)15-13(16)7-8-14(17)18/h3-6H,1,7-9H2,2H3,(H,15,16)(H,17,18). The second-order valence-electron chi connectivity index (χ2n) is 4.21. The molecular formula is C14H17NO4. The molecule has 5 heteroatoms. The number of nitrogens with one attached hydrogen (secondary N) is 1. The first kappa shape index (κ1) is 14.8. The van der Waals surface area contributed by atoms with Crippen LogP contribution in [0.5, 0.6) is 5.75 Å². The SMILES string of the molecule is C=C(C)COc1ccc(NC(=O)CCC(=O)O)cc1. The van der Waals surface area contributed by atoms with Crippen molar-refractivity contribution in [2.24, 2.45) is 0 Å². The molecule has 0 heterocycles. The van der Waals surface area contributed by atoms with E-state index in [4.69, 9.17) is 9.84 Å². The second kappa shape index (κ2) is 7.20. The number of hydrogen-bond donors (Lipinski definition) is 2. The molecule has 0 unspecified atom stereocenters. The van der Waals surface area contributed by atoms with E-state index in [0.29, 0.717) is 18.0 Å². The molecule has 1 aromatic carbocycles. The number of benzene rings is 1. The summed E-state index contributed by atoms with van der Waals surface area (Å²) in [4.78, 5) is 21.7. The highest BCUT2D eigenvalue weighted by Crippen LogP contribution is 2.16. The summed E-state index contributed by atoms with van der Waals surface area (Å²) in [5.74, 6) is -0.622. The highest BCUT2D eigenvalue weighted by atomic mass is 16.5. The summed E-state index contributed by atoms with van der Waals surface area (Å²) in [6.07, 6.45) is -0.213. The number of carboxylic acid groups (broad SMARTS) is 1. The van der Waals surface area contributed by atoms with Crippen molar-refractivity contribution in [3.8, 4) is 5.75 Å². The average molecular weight is 263 g/mol. The van der Waals surface area contributed by atoms with E-state index >= 15 is 0 Å². The molecule has 0 aliphatic heterocycles. The van der Waals surface area contributed by atoms with Gasteiger partial charge in [0.1, 0.15) is 12.4 Å². The van der Waals surface area contributed by atoms with Gasteiger partial charge in [0.05, 0.1) is 6.42 Å². The van der Waals surface area contributed by atoms with E-state index in [1.54, 1.807) is 24.3 Å². The molecule has 0 radical (unpaired) electrons. The molecule has 5 nitrogen and oxygen atoms in total. The summed E-state index contributed by atoms with van der Waals surface area (Å²) in [6, 6.07) is 6.87. The Kier molecular flexibility index (Phi) is 5.60. The number of carbonyl (C=O) groups excluding carboxylic acids is 1. The fraction of sp³-hybridized carbons (Fsp3) is 0.286. The smallest absolute Gasteiger partial charge is 0.303 e. The lowest BCUT2D eigenvalue weighted by Crippen LogP contribution is -2.13. The van der Waals surface area contributed by atoms with Crippen molar-refractivity contribution in [1.29, 1.82) is 0 Å². The van der Waals surface area contributed by atoms with Crippen molar-refractivity contribution < 1.29 is 19.4 Å². The molecule has 1 rings (SSSR count). The van der Waals surface area contributed by atoms with Crippen molar-refractivity contribution in [1.82, 2.24) is 0 Å². The van der Waals surface area contributed by atoms with Crippen LogP contribution in [0.2, 0.25) is 0 Å². The Hall–Kier alpha value is -2.30. The Balaban J connectivity index is 2.45. The minimum Gasteiger partial charge on any atom is -0.489 e. The fourth-order valence-electron chi connectivity index (χ4n) is 1.28. The number of anilines is 1. The van der Waals surface area contributed by atoms with Gasteiger partial charge >= 0.3 is 5.97 Å². The van der Waals surface area contributed by atoms with Crippen molar-refractivity contribution in [3.63, 3.8) is 0 Å². The van der Waals surface area contributed by atoms with Crippen LogP contribution in [0, 0.1) is 0 Å². The Bertz CT molecular complexity index is 465. The molecule has 0 atom stereocenters. The van der Waals surface area contributed by atoms with E-state index in [0.717, 1.165) is 5.57 Å². The lowest BCUT2D eigenvalue weighted by atomic mass is 10.2. The Labute approximate surface area is 111 Å². The van der Waals surface area contributed by atoms with E-state index in [9.17, 15) is 9.59 Å². The first-order valence-electron chi connectivity index (χ1n) is 5.86. The molecule has 0 bridgehead atoms. The number of ether oxygens (including phenoxy) is 1. The molecule has 0 aliphatic rings. The summed E-state index contributed by atoms with van der Waals surface area (Å²) in [6.45, 7) is 6.05. The van der Waals surface area contributed by atoms with Gasteiger partial charge in [0.15, 0.2) is 0 Å². The monoisotopic (exact) mass is 263 g/mol. The van der Waals surface area contributed by atoms with Gasteiger partial charge in [-0.3, -0.25) is 9.59 Å². The van der Waals surface area contributed by atoms with Gasteiger partial charge in [-0.15, -0.1) is 0 Å². The van der Waals surface area contributed by atoms with E-state index in [2.05, 4.69) is 11.9 Å². The van der Waals surface area contributed by atoms with Crippen LogP contribution in [0.4, 0.5) is 5.69 Å². The maximum Gasteiger partial charge on any atom is 0.303 e. The van der Waals surface area contributed by atoms with E-state index in [1.807, 2.05) is 6.92 Å². The largest absolute Gasteiger partial charge is 0.489 e. The molecule has 0 spiro atoms. The van der Waals surface area contributed by atoms with Gasteiger partial charge in [0.25, 0.3) is 0 Å². The fourth-order valence-corrected chi connectivity index (χ4v) is 1.28. The first-order valence-corrected chi connectivity index (χ1v) is 5.86. The molecule has 0 fully saturated rings. The maximum absolute atomic E-state index is 11.4. The normalized spacial score (nSPS) is 9.74. The third kappa shape index (κ3) is 6.26. The summed E-state index contributed by atoms with van der Waals surface area (Å²) in [5, 5.41) is 11.1. The average Bonchev–Trinajstić information content (AvgIpc) is 2.35. The minimum absolute atomic E-state index is 0.0384. The zero-order valence-electron chi connectivity index (χ0n) is 10.8. The number of hydrogen-bond acceptors (Lipinski definition) is 3. The third-order valence-corrected chi connectivity index (χ3v) is 2.19. The summed E-state index contributed by atoms with van der Waals surface area (Å²) >= 11 is 0. The van der Waals surface area contributed by atoms with E-state index in [1.165, 1.54) is 0 Å². The number of carboxylic acids is 1. The van der Waals surface area contributed by atoms with E-state index < -0.39 is 5.97 Å². The predicted octanol–water partition coefficient (Wildman–Crippen LogP) is 2.44. The van der Waals surface area contributed by atoms with Gasteiger partial charge in [-0.1, -0.05) is 6.58 Å². The molecule has 0 saturated heterocycles. The Morgan fingerprint density at radius 3 is 2.42 bits per heavy atom. The molecule has 0 saturated carbocycles. The van der Waals surface area contributed by atoms with Gasteiger partial charge in [-0.2, -0.15) is 0 Å². The van der Waals surface area contributed by atoms with Crippen LogP contribution in [-0.2, 0) is 9.59 Å². The summed E-state index contributed by atoms with van der Waals surface area (Å²) < 4.78 is 5.42. The van der Waals surface area contributed by atoms with Crippen LogP contribution in [0.15, 0.2) is 36.4 Å². The molecular weight excluding hydrogens is 246 g/mol. The first-order chi connectivity index (χ1) is 8.97. The number of carbonyl (C=O) groups is 2. The lowest BCUT2D eigenvalue weighted by molar-refractivity contribution is -0.138. The van der Waals surface area contributed by atoms with Crippen LogP contribution in [0.1, 0.15) is 19.8 Å². The molecule has 0 aliphatic carbocycles. The molecule has 0 aromatic heterocycles. The Morgan fingerprint density at radius 1 is 1.26 bits per heavy atom. The van der Waals surface area contributed by atoms with Crippen molar-refractivity contribution in [2.75, 3.05) is 11.9 Å².